The highest BCUT2D eigenvalue weighted by Gasteiger charge is 2.09. The van der Waals surface area contributed by atoms with E-state index in [0.717, 1.165) is 22.4 Å². The van der Waals surface area contributed by atoms with Crippen LogP contribution in [0, 0.1) is 0 Å². The quantitative estimate of drug-likeness (QED) is 0.476. The minimum atomic E-state index is -0.235. The molecule has 1 heterocycles. The third-order valence-electron chi connectivity index (χ3n) is 4.15. The van der Waals surface area contributed by atoms with Crippen LogP contribution in [0.15, 0.2) is 90.3 Å². The highest BCUT2D eigenvalue weighted by molar-refractivity contribution is 7.14. The fourth-order valence-electron chi connectivity index (χ4n) is 2.75. The number of hydrogen-bond donors (Lipinski definition) is 1. The lowest BCUT2D eigenvalue weighted by Gasteiger charge is -2.07. The summed E-state index contributed by atoms with van der Waals surface area (Å²) in [4.78, 5) is 16.6. The molecular formula is C23H18N2O2S. The van der Waals surface area contributed by atoms with E-state index in [1.165, 1.54) is 11.3 Å². The van der Waals surface area contributed by atoms with E-state index in [0.29, 0.717) is 10.9 Å². The zero-order chi connectivity index (χ0) is 19.2. The van der Waals surface area contributed by atoms with Gasteiger partial charge in [-0.05, 0) is 23.3 Å². The molecule has 0 spiro atoms. The molecule has 0 atom stereocenters. The molecule has 0 bridgehead atoms. The Labute approximate surface area is 167 Å². The van der Waals surface area contributed by atoms with Crippen molar-refractivity contribution >= 4 is 22.4 Å². The Bertz CT molecular complexity index is 1040. The summed E-state index contributed by atoms with van der Waals surface area (Å²) in [5, 5.41) is 5.27. The minimum Gasteiger partial charge on any atom is -0.484 e. The van der Waals surface area contributed by atoms with E-state index in [2.05, 4.69) is 22.4 Å². The number of nitrogens with one attached hydrogen (secondary N) is 1. The Balaban J connectivity index is 1.32. The first-order valence-corrected chi connectivity index (χ1v) is 9.75. The molecule has 0 saturated heterocycles. The molecule has 5 heteroatoms. The molecule has 1 amide bonds. The number of carbonyl (C=O) groups is 1. The molecule has 4 nitrogen and oxygen atoms in total. The minimum absolute atomic E-state index is 0.0645. The molecule has 0 aliphatic carbocycles. The Hall–Kier alpha value is -3.44. The van der Waals surface area contributed by atoms with Gasteiger partial charge < -0.3 is 4.74 Å². The van der Waals surface area contributed by atoms with Gasteiger partial charge >= 0.3 is 0 Å². The Morgan fingerprint density at radius 3 is 2.11 bits per heavy atom. The topological polar surface area (TPSA) is 51.2 Å². The maximum Gasteiger partial charge on any atom is 0.264 e. The zero-order valence-electron chi connectivity index (χ0n) is 15.0. The average molecular weight is 386 g/mol. The molecule has 0 aliphatic heterocycles. The fourth-order valence-corrected chi connectivity index (χ4v) is 3.49. The van der Waals surface area contributed by atoms with Gasteiger partial charge in [0.2, 0.25) is 0 Å². The number of carbonyl (C=O) groups excluding carboxylic acids is 1. The summed E-state index contributed by atoms with van der Waals surface area (Å²) in [6, 6.07) is 27.7. The first-order chi connectivity index (χ1) is 13.8. The molecule has 28 heavy (non-hydrogen) atoms. The second-order valence-corrected chi connectivity index (χ2v) is 6.99. The van der Waals surface area contributed by atoms with Crippen LogP contribution in [0.4, 0.5) is 5.13 Å². The molecule has 0 fully saturated rings. The van der Waals surface area contributed by atoms with Crippen LogP contribution in [0.5, 0.6) is 5.75 Å². The van der Waals surface area contributed by atoms with Gasteiger partial charge in [-0.2, -0.15) is 0 Å². The zero-order valence-corrected chi connectivity index (χ0v) is 15.9. The number of thiazole rings is 1. The average Bonchev–Trinajstić information content (AvgIpc) is 3.22. The van der Waals surface area contributed by atoms with Gasteiger partial charge in [0.05, 0.1) is 5.69 Å². The smallest absolute Gasteiger partial charge is 0.264 e. The van der Waals surface area contributed by atoms with Crippen LogP contribution < -0.4 is 10.1 Å². The van der Waals surface area contributed by atoms with Crippen LogP contribution in [0.1, 0.15) is 0 Å². The number of hydrogen-bond acceptors (Lipinski definition) is 4. The Morgan fingerprint density at radius 2 is 1.43 bits per heavy atom. The van der Waals surface area contributed by atoms with E-state index in [4.69, 9.17) is 4.74 Å². The maximum absolute atomic E-state index is 12.2. The predicted octanol–water partition coefficient (Wildman–Crippen LogP) is 5.49. The van der Waals surface area contributed by atoms with E-state index < -0.39 is 0 Å². The van der Waals surface area contributed by atoms with Crippen LogP contribution in [-0.4, -0.2) is 17.5 Å². The standard InChI is InChI=1S/C23H18N2O2S/c26-22(25-23-24-21(16-28-23)19-9-5-2-6-10-19)15-27-20-13-11-18(12-14-20)17-7-3-1-4-8-17/h1-14,16H,15H2,(H,24,25,26). The van der Waals surface area contributed by atoms with Crippen molar-refractivity contribution in [1.29, 1.82) is 0 Å². The van der Waals surface area contributed by atoms with E-state index in [1.807, 2.05) is 78.2 Å². The molecule has 0 radical (unpaired) electrons. The highest BCUT2D eigenvalue weighted by Crippen LogP contribution is 2.25. The number of amides is 1. The second-order valence-electron chi connectivity index (χ2n) is 6.13. The summed E-state index contributed by atoms with van der Waals surface area (Å²) in [5.74, 6) is 0.417. The van der Waals surface area contributed by atoms with Crippen molar-refractivity contribution in [2.75, 3.05) is 11.9 Å². The van der Waals surface area contributed by atoms with E-state index in [-0.39, 0.29) is 12.5 Å². The lowest BCUT2D eigenvalue weighted by atomic mass is 10.1. The van der Waals surface area contributed by atoms with Crippen LogP contribution >= 0.6 is 11.3 Å². The number of nitrogens with zero attached hydrogens (tertiary/aromatic N) is 1. The van der Waals surface area contributed by atoms with Crippen molar-refractivity contribution in [2.24, 2.45) is 0 Å². The van der Waals surface area contributed by atoms with Gasteiger partial charge in [-0.15, -0.1) is 11.3 Å². The van der Waals surface area contributed by atoms with Crippen molar-refractivity contribution in [3.8, 4) is 28.1 Å². The predicted molar refractivity (Wildman–Crippen MR) is 114 cm³/mol. The van der Waals surface area contributed by atoms with Gasteiger partial charge in [0.15, 0.2) is 11.7 Å². The van der Waals surface area contributed by atoms with Crippen LogP contribution in [0.3, 0.4) is 0 Å². The lowest BCUT2D eigenvalue weighted by molar-refractivity contribution is -0.118. The summed E-state index contributed by atoms with van der Waals surface area (Å²) in [6.07, 6.45) is 0. The van der Waals surface area contributed by atoms with Gasteiger partial charge in [-0.1, -0.05) is 72.8 Å². The molecule has 0 unspecified atom stereocenters. The Morgan fingerprint density at radius 1 is 0.821 bits per heavy atom. The molecule has 1 N–H and O–H groups in total. The largest absolute Gasteiger partial charge is 0.484 e. The van der Waals surface area contributed by atoms with Gasteiger partial charge in [-0.25, -0.2) is 4.98 Å². The van der Waals surface area contributed by atoms with Crippen molar-refractivity contribution < 1.29 is 9.53 Å². The van der Waals surface area contributed by atoms with Gasteiger partial charge in [0, 0.05) is 10.9 Å². The number of rotatable bonds is 6. The second kappa shape index (κ2) is 8.50. The first-order valence-electron chi connectivity index (χ1n) is 8.87. The van der Waals surface area contributed by atoms with Gasteiger partial charge in [0.1, 0.15) is 5.75 Å². The normalized spacial score (nSPS) is 10.4. The van der Waals surface area contributed by atoms with E-state index >= 15 is 0 Å². The van der Waals surface area contributed by atoms with Crippen LogP contribution in [0.2, 0.25) is 0 Å². The molecule has 0 saturated carbocycles. The number of ether oxygens (including phenoxy) is 1. The molecule has 3 aromatic carbocycles. The third kappa shape index (κ3) is 4.45. The molecule has 4 rings (SSSR count). The van der Waals surface area contributed by atoms with Crippen molar-refractivity contribution in [1.82, 2.24) is 4.98 Å². The number of aromatic nitrogens is 1. The fraction of sp³-hybridized carbons (Fsp3) is 0.0435. The van der Waals surface area contributed by atoms with Gasteiger partial charge in [-0.3, -0.25) is 10.1 Å². The number of benzene rings is 3. The summed E-state index contributed by atoms with van der Waals surface area (Å²) in [7, 11) is 0. The van der Waals surface area contributed by atoms with Crippen molar-refractivity contribution in [3.63, 3.8) is 0 Å². The summed E-state index contributed by atoms with van der Waals surface area (Å²) < 4.78 is 5.59. The first kappa shape index (κ1) is 17.9. The molecule has 0 aliphatic rings. The summed E-state index contributed by atoms with van der Waals surface area (Å²) in [5.41, 5.74) is 4.12. The van der Waals surface area contributed by atoms with Crippen LogP contribution in [-0.2, 0) is 4.79 Å². The SMILES string of the molecule is O=C(COc1ccc(-c2ccccc2)cc1)Nc1nc(-c2ccccc2)cs1. The van der Waals surface area contributed by atoms with Crippen molar-refractivity contribution in [2.45, 2.75) is 0 Å². The van der Waals surface area contributed by atoms with Crippen LogP contribution in [0.25, 0.3) is 22.4 Å². The lowest BCUT2D eigenvalue weighted by Crippen LogP contribution is -2.20. The van der Waals surface area contributed by atoms with E-state index in [9.17, 15) is 4.79 Å². The summed E-state index contributed by atoms with van der Waals surface area (Å²) >= 11 is 1.40. The number of anilines is 1. The molecule has 4 aromatic rings. The maximum atomic E-state index is 12.2. The Kier molecular flexibility index (Phi) is 5.45. The molecular weight excluding hydrogens is 368 g/mol. The van der Waals surface area contributed by atoms with E-state index in [1.54, 1.807) is 0 Å². The monoisotopic (exact) mass is 386 g/mol. The van der Waals surface area contributed by atoms with Crippen molar-refractivity contribution in [3.05, 3.63) is 90.3 Å². The third-order valence-corrected chi connectivity index (χ3v) is 4.91. The van der Waals surface area contributed by atoms with Gasteiger partial charge in [0.25, 0.3) is 5.91 Å². The molecule has 1 aromatic heterocycles. The summed E-state index contributed by atoms with van der Waals surface area (Å²) in [6.45, 7) is -0.0645. The molecule has 138 valence electrons. The highest BCUT2D eigenvalue weighted by atomic mass is 32.1.